The molecule has 0 radical (unpaired) electrons. The minimum atomic E-state index is -0.0696. The number of benzene rings is 1. The number of carbonyl (C=O) groups is 2. The summed E-state index contributed by atoms with van der Waals surface area (Å²) in [6.07, 6.45) is 6.80. The second kappa shape index (κ2) is 8.38. The lowest BCUT2D eigenvalue weighted by Crippen LogP contribution is -2.41. The summed E-state index contributed by atoms with van der Waals surface area (Å²) in [4.78, 5) is 36.6. The lowest BCUT2D eigenvalue weighted by molar-refractivity contribution is -0.123. The van der Waals surface area contributed by atoms with E-state index in [1.165, 1.54) is 19.3 Å². The molecule has 1 aromatic heterocycles. The molecular formula is C24H28N4O3. The Labute approximate surface area is 182 Å². The monoisotopic (exact) mass is 420 g/mol. The summed E-state index contributed by atoms with van der Waals surface area (Å²) in [6.45, 7) is 2.70. The quantitative estimate of drug-likeness (QED) is 0.776. The van der Waals surface area contributed by atoms with Crippen LogP contribution in [-0.2, 0) is 16.0 Å². The number of aromatic nitrogens is 2. The predicted molar refractivity (Wildman–Crippen MR) is 115 cm³/mol. The molecule has 1 atom stereocenters. The van der Waals surface area contributed by atoms with Gasteiger partial charge in [-0.05, 0) is 24.7 Å². The van der Waals surface area contributed by atoms with Crippen LogP contribution in [0.4, 0.5) is 0 Å². The molecule has 1 spiro atoms. The summed E-state index contributed by atoms with van der Waals surface area (Å²) < 4.78 is 5.37. The van der Waals surface area contributed by atoms with Crippen LogP contribution >= 0.6 is 0 Å². The number of carbonyl (C=O) groups excluding carboxylic acids is 2. The van der Waals surface area contributed by atoms with Crippen molar-refractivity contribution >= 4 is 11.8 Å². The number of hydrogen-bond acceptors (Lipinski definition) is 5. The highest BCUT2D eigenvalue weighted by molar-refractivity contribution is 5.95. The Morgan fingerprint density at radius 2 is 1.94 bits per heavy atom. The summed E-state index contributed by atoms with van der Waals surface area (Å²) in [5.41, 5.74) is 2.41. The number of morpholine rings is 1. The average Bonchev–Trinajstić information content (AvgIpc) is 3.57. The maximum atomic E-state index is 13.1. The van der Waals surface area contributed by atoms with Crippen LogP contribution in [0.1, 0.15) is 41.7 Å². The first-order chi connectivity index (χ1) is 15.2. The Hall–Kier alpha value is -2.80. The second-order valence-corrected chi connectivity index (χ2v) is 8.84. The van der Waals surface area contributed by atoms with Gasteiger partial charge < -0.3 is 15.0 Å². The van der Waals surface area contributed by atoms with E-state index in [2.05, 4.69) is 10.3 Å². The van der Waals surface area contributed by atoms with Crippen LogP contribution in [0.15, 0.2) is 36.5 Å². The molecule has 1 saturated heterocycles. The molecule has 1 aromatic carbocycles. The van der Waals surface area contributed by atoms with Crippen LogP contribution in [0, 0.1) is 11.3 Å². The van der Waals surface area contributed by atoms with E-state index >= 15 is 0 Å². The van der Waals surface area contributed by atoms with Crippen LogP contribution in [0.25, 0.3) is 11.4 Å². The van der Waals surface area contributed by atoms with Gasteiger partial charge in [0.05, 0.1) is 24.5 Å². The van der Waals surface area contributed by atoms with Crippen LogP contribution in [0.3, 0.4) is 0 Å². The Bertz CT molecular complexity index is 968. The maximum absolute atomic E-state index is 13.1. The highest BCUT2D eigenvalue weighted by Crippen LogP contribution is 2.65. The first-order valence-electron chi connectivity index (χ1n) is 11.2. The van der Waals surface area contributed by atoms with Gasteiger partial charge in [0.2, 0.25) is 5.91 Å². The van der Waals surface area contributed by atoms with E-state index in [0.29, 0.717) is 61.8 Å². The largest absolute Gasteiger partial charge is 0.378 e. The van der Waals surface area contributed by atoms with Crippen molar-refractivity contribution in [2.75, 3.05) is 32.8 Å². The van der Waals surface area contributed by atoms with Crippen LogP contribution < -0.4 is 5.32 Å². The molecule has 2 heterocycles. The summed E-state index contributed by atoms with van der Waals surface area (Å²) in [7, 11) is 0. The topological polar surface area (TPSA) is 84.4 Å². The van der Waals surface area contributed by atoms with E-state index in [1.807, 2.05) is 30.3 Å². The molecule has 5 rings (SSSR count). The minimum absolute atomic E-state index is 0.0696. The van der Waals surface area contributed by atoms with Gasteiger partial charge in [0, 0.05) is 43.7 Å². The predicted octanol–water partition coefficient (Wildman–Crippen LogP) is 2.46. The molecule has 162 valence electrons. The fourth-order valence-electron chi connectivity index (χ4n) is 4.78. The number of hydrogen-bond donors (Lipinski definition) is 1. The van der Waals surface area contributed by atoms with Gasteiger partial charge in [-0.15, -0.1) is 0 Å². The standard InChI is InChI=1S/C24H28N4O3/c29-22(19-15-24(19)8-4-9-24)25-10-7-20-18(23(30)28-11-13-31-14-12-28)16-26-21(27-20)17-5-2-1-3-6-17/h1-3,5-6,16,19H,4,7-15H2,(H,25,29)/t19-/m0/s1. The molecule has 7 nitrogen and oxygen atoms in total. The fraction of sp³-hybridized carbons (Fsp3) is 0.500. The van der Waals surface area contributed by atoms with Crippen molar-refractivity contribution in [1.29, 1.82) is 0 Å². The van der Waals surface area contributed by atoms with Gasteiger partial charge in [-0.25, -0.2) is 9.97 Å². The van der Waals surface area contributed by atoms with E-state index in [-0.39, 0.29) is 17.7 Å². The van der Waals surface area contributed by atoms with Crippen LogP contribution in [-0.4, -0.2) is 59.5 Å². The van der Waals surface area contributed by atoms with E-state index in [0.717, 1.165) is 12.0 Å². The number of nitrogens with zero attached hydrogens (tertiary/aromatic N) is 3. The van der Waals surface area contributed by atoms with Crippen molar-refractivity contribution in [2.45, 2.75) is 32.1 Å². The SMILES string of the molecule is O=C(NCCc1nc(-c2ccccc2)ncc1C(=O)N1CCOCC1)[C@@H]1CC12CCC2. The molecule has 7 heteroatoms. The fourth-order valence-corrected chi connectivity index (χ4v) is 4.78. The number of rotatable bonds is 6. The van der Waals surface area contributed by atoms with Crippen molar-refractivity contribution in [3.8, 4) is 11.4 Å². The molecule has 31 heavy (non-hydrogen) atoms. The lowest BCUT2D eigenvalue weighted by Gasteiger charge is -2.27. The lowest BCUT2D eigenvalue weighted by atomic mass is 9.80. The van der Waals surface area contributed by atoms with Crippen molar-refractivity contribution < 1.29 is 14.3 Å². The maximum Gasteiger partial charge on any atom is 0.257 e. The number of nitrogens with one attached hydrogen (secondary N) is 1. The zero-order valence-corrected chi connectivity index (χ0v) is 17.7. The first-order valence-corrected chi connectivity index (χ1v) is 11.2. The summed E-state index contributed by atoms with van der Waals surface area (Å²) in [6, 6.07) is 9.74. The van der Waals surface area contributed by atoms with E-state index in [4.69, 9.17) is 9.72 Å². The van der Waals surface area contributed by atoms with Gasteiger partial charge in [0.25, 0.3) is 5.91 Å². The third kappa shape index (κ3) is 4.06. The van der Waals surface area contributed by atoms with Gasteiger partial charge >= 0.3 is 0 Å². The van der Waals surface area contributed by atoms with Gasteiger partial charge in [-0.2, -0.15) is 0 Å². The normalized spacial score (nSPS) is 21.4. The van der Waals surface area contributed by atoms with Crippen molar-refractivity contribution in [2.24, 2.45) is 11.3 Å². The number of ether oxygens (including phenoxy) is 1. The molecule has 3 fully saturated rings. The Kier molecular flexibility index (Phi) is 5.44. The smallest absolute Gasteiger partial charge is 0.257 e. The van der Waals surface area contributed by atoms with E-state index in [1.54, 1.807) is 11.1 Å². The summed E-state index contributed by atoms with van der Waals surface area (Å²) >= 11 is 0. The molecule has 2 aromatic rings. The number of amides is 2. The summed E-state index contributed by atoms with van der Waals surface area (Å²) in [5, 5.41) is 3.08. The Morgan fingerprint density at radius 1 is 1.16 bits per heavy atom. The highest BCUT2D eigenvalue weighted by atomic mass is 16.5. The van der Waals surface area contributed by atoms with Crippen molar-refractivity contribution in [3.63, 3.8) is 0 Å². The Balaban J connectivity index is 1.32. The second-order valence-electron chi connectivity index (χ2n) is 8.84. The molecule has 0 unspecified atom stereocenters. The van der Waals surface area contributed by atoms with Gasteiger partial charge in [-0.1, -0.05) is 36.8 Å². The Morgan fingerprint density at radius 3 is 2.61 bits per heavy atom. The van der Waals surface area contributed by atoms with E-state index < -0.39 is 0 Å². The van der Waals surface area contributed by atoms with Gasteiger partial charge in [-0.3, -0.25) is 9.59 Å². The highest BCUT2D eigenvalue weighted by Gasteiger charge is 2.60. The van der Waals surface area contributed by atoms with E-state index in [9.17, 15) is 9.59 Å². The molecule has 1 N–H and O–H groups in total. The molecule has 0 bridgehead atoms. The average molecular weight is 421 g/mol. The van der Waals surface area contributed by atoms with Crippen LogP contribution in [0.5, 0.6) is 0 Å². The molecular weight excluding hydrogens is 392 g/mol. The zero-order chi connectivity index (χ0) is 21.3. The first kappa shape index (κ1) is 20.1. The molecule has 2 aliphatic carbocycles. The molecule has 2 saturated carbocycles. The van der Waals surface area contributed by atoms with Crippen molar-refractivity contribution in [3.05, 3.63) is 47.8 Å². The van der Waals surface area contributed by atoms with Gasteiger partial charge in [0.1, 0.15) is 0 Å². The summed E-state index contributed by atoms with van der Waals surface area (Å²) in [5.74, 6) is 0.856. The molecule has 2 amide bonds. The third-order valence-corrected chi connectivity index (χ3v) is 6.94. The van der Waals surface area contributed by atoms with Gasteiger partial charge in [0.15, 0.2) is 5.82 Å². The van der Waals surface area contributed by atoms with Crippen molar-refractivity contribution in [1.82, 2.24) is 20.2 Å². The molecule has 3 aliphatic rings. The molecule has 1 aliphatic heterocycles. The zero-order valence-electron chi connectivity index (χ0n) is 17.7. The minimum Gasteiger partial charge on any atom is -0.378 e. The third-order valence-electron chi connectivity index (χ3n) is 6.94. The van der Waals surface area contributed by atoms with Crippen LogP contribution in [0.2, 0.25) is 0 Å².